The van der Waals surface area contributed by atoms with Crippen molar-refractivity contribution in [3.05, 3.63) is 0 Å². The third-order valence-corrected chi connectivity index (χ3v) is 5.20. The van der Waals surface area contributed by atoms with E-state index in [2.05, 4.69) is 20.8 Å². The second-order valence-electron chi connectivity index (χ2n) is 2.09. The Morgan fingerprint density at radius 2 is 1.12 bits per heavy atom. The van der Waals surface area contributed by atoms with Crippen molar-refractivity contribution in [1.82, 2.24) is 0 Å². The molecule has 0 aromatic heterocycles. The van der Waals surface area contributed by atoms with Crippen LogP contribution in [0.3, 0.4) is 0 Å². The summed E-state index contributed by atoms with van der Waals surface area (Å²) < 4.78 is 0. The molecular formula is C6H16AlI. The molecule has 0 amide bonds. The van der Waals surface area contributed by atoms with Crippen molar-refractivity contribution in [2.24, 2.45) is 0 Å². The van der Waals surface area contributed by atoms with Gasteiger partial charge in [-0.25, -0.2) is 0 Å². The van der Waals surface area contributed by atoms with E-state index in [1.807, 2.05) is 0 Å². The zero-order valence-electron chi connectivity index (χ0n) is 6.11. The van der Waals surface area contributed by atoms with E-state index in [1.54, 1.807) is 0 Å². The first kappa shape index (κ1) is 12.0. The third-order valence-electron chi connectivity index (χ3n) is 1.73. The van der Waals surface area contributed by atoms with Gasteiger partial charge in [0.15, 0.2) is 0 Å². The Morgan fingerprint density at radius 1 is 0.875 bits per heavy atom. The molecule has 0 aromatic rings. The molecule has 0 saturated heterocycles. The van der Waals surface area contributed by atoms with Crippen LogP contribution in [-0.2, 0) is 0 Å². The molecule has 8 heavy (non-hydrogen) atoms. The number of hydrogen-bond donors (Lipinski definition) is 0. The summed E-state index contributed by atoms with van der Waals surface area (Å²) >= 11 is -0.171. The topological polar surface area (TPSA) is 0 Å². The van der Waals surface area contributed by atoms with Crippen LogP contribution in [0.1, 0.15) is 20.8 Å². The summed E-state index contributed by atoms with van der Waals surface area (Å²) in [5, 5.41) is 4.48. The quantitative estimate of drug-likeness (QED) is 0.526. The molecule has 0 radical (unpaired) electrons. The maximum Gasteiger partial charge on any atom is 0.261 e. The SMILES string of the molecule is C[CH2][Al]([CH2]C)[CH2]C.I. The fraction of sp³-hybridized carbons (Fsp3) is 1.00. The molecule has 0 aliphatic carbocycles. The van der Waals surface area contributed by atoms with E-state index in [0.717, 1.165) is 0 Å². The van der Waals surface area contributed by atoms with E-state index in [9.17, 15) is 0 Å². The van der Waals surface area contributed by atoms with Crippen LogP contribution in [0.5, 0.6) is 0 Å². The van der Waals surface area contributed by atoms with Crippen molar-refractivity contribution in [3.63, 3.8) is 0 Å². The summed E-state index contributed by atoms with van der Waals surface area (Å²) in [6.45, 7) is 6.97. The molecule has 0 nitrogen and oxygen atoms in total. The van der Waals surface area contributed by atoms with Crippen LogP contribution in [0.4, 0.5) is 0 Å². The van der Waals surface area contributed by atoms with E-state index < -0.39 is 0 Å². The van der Waals surface area contributed by atoms with Crippen molar-refractivity contribution in [3.8, 4) is 0 Å². The molecule has 0 rings (SSSR count). The molecule has 0 heterocycles. The van der Waals surface area contributed by atoms with Gasteiger partial charge in [-0.2, -0.15) is 0 Å². The van der Waals surface area contributed by atoms with Gasteiger partial charge in [0.1, 0.15) is 0 Å². The van der Waals surface area contributed by atoms with Crippen LogP contribution in [0.2, 0.25) is 15.8 Å². The summed E-state index contributed by atoms with van der Waals surface area (Å²) in [5.74, 6) is 0. The zero-order chi connectivity index (χ0) is 5.70. The highest BCUT2D eigenvalue weighted by atomic mass is 127. The summed E-state index contributed by atoms with van der Waals surface area (Å²) in [4.78, 5) is 0. The molecule has 0 N–H and O–H groups in total. The van der Waals surface area contributed by atoms with Crippen LogP contribution in [0.15, 0.2) is 0 Å². The Labute approximate surface area is 74.5 Å². The first-order valence-corrected chi connectivity index (χ1v) is 5.80. The van der Waals surface area contributed by atoms with Crippen LogP contribution in [0, 0.1) is 0 Å². The predicted molar refractivity (Wildman–Crippen MR) is 52.6 cm³/mol. The van der Waals surface area contributed by atoms with Crippen LogP contribution in [-0.4, -0.2) is 14.1 Å². The molecule has 0 atom stereocenters. The standard InChI is InChI=1S/3C2H5.Al.HI/c3*1-2;;/h3*1H2,2H3;;1H. The predicted octanol–water partition coefficient (Wildman–Crippen LogP) is 3.16. The smallest absolute Gasteiger partial charge is 0.107 e. The van der Waals surface area contributed by atoms with E-state index in [-0.39, 0.29) is 38.1 Å². The minimum Gasteiger partial charge on any atom is -0.107 e. The fourth-order valence-corrected chi connectivity index (χ4v) is 2.60. The Balaban J connectivity index is 0. The van der Waals surface area contributed by atoms with Crippen molar-refractivity contribution >= 4 is 38.1 Å². The number of halogens is 1. The molecule has 0 bridgehead atoms. The van der Waals surface area contributed by atoms with Gasteiger partial charge in [0.05, 0.1) is 0 Å². The first-order chi connectivity index (χ1) is 3.35. The Morgan fingerprint density at radius 3 is 1.12 bits per heavy atom. The van der Waals surface area contributed by atoms with E-state index in [1.165, 1.54) is 15.8 Å². The molecule has 0 fully saturated rings. The molecule has 0 aliphatic heterocycles. The number of hydrogen-bond acceptors (Lipinski definition) is 0. The van der Waals surface area contributed by atoms with Gasteiger partial charge in [0.2, 0.25) is 0 Å². The van der Waals surface area contributed by atoms with Gasteiger partial charge in [-0.3, -0.25) is 0 Å². The van der Waals surface area contributed by atoms with E-state index >= 15 is 0 Å². The maximum absolute atomic E-state index is 2.32. The molecule has 50 valence electrons. The summed E-state index contributed by atoms with van der Waals surface area (Å²) in [6.07, 6.45) is 0. The van der Waals surface area contributed by atoms with Crippen molar-refractivity contribution in [1.29, 1.82) is 0 Å². The average molecular weight is 242 g/mol. The molecule has 2 heteroatoms. The van der Waals surface area contributed by atoms with Crippen LogP contribution in [0.25, 0.3) is 0 Å². The van der Waals surface area contributed by atoms with E-state index in [4.69, 9.17) is 0 Å². The highest BCUT2D eigenvalue weighted by molar-refractivity contribution is 14.0. The van der Waals surface area contributed by atoms with Crippen molar-refractivity contribution in [2.75, 3.05) is 0 Å². The van der Waals surface area contributed by atoms with Gasteiger partial charge in [0, 0.05) is 0 Å². The largest absolute Gasteiger partial charge is 0.261 e. The van der Waals surface area contributed by atoms with E-state index in [0.29, 0.717) is 0 Å². The van der Waals surface area contributed by atoms with Gasteiger partial charge < -0.3 is 0 Å². The molecule has 0 spiro atoms. The lowest BCUT2D eigenvalue weighted by molar-refractivity contribution is 1.24. The minimum absolute atomic E-state index is 0. The van der Waals surface area contributed by atoms with Gasteiger partial charge in [0.25, 0.3) is 14.1 Å². The normalized spacial score (nSPS) is 7.88. The minimum atomic E-state index is -0.171. The molecule has 0 aromatic carbocycles. The lowest BCUT2D eigenvalue weighted by Crippen LogP contribution is -2.04. The second kappa shape index (κ2) is 8.26. The molecular weight excluding hydrogens is 226 g/mol. The lowest BCUT2D eigenvalue weighted by atomic mass is 10.9. The maximum atomic E-state index is 2.32. The Kier molecular flexibility index (Phi) is 12.4. The second-order valence-corrected chi connectivity index (χ2v) is 6.27. The van der Waals surface area contributed by atoms with Gasteiger partial charge in [-0.15, -0.1) is 24.0 Å². The fourth-order valence-electron chi connectivity index (χ4n) is 0.866. The molecule has 0 saturated carbocycles. The van der Waals surface area contributed by atoms with Gasteiger partial charge >= 0.3 is 0 Å². The summed E-state index contributed by atoms with van der Waals surface area (Å²) in [7, 11) is 0. The average Bonchev–Trinajstić information content (AvgIpc) is 1.72. The van der Waals surface area contributed by atoms with Crippen molar-refractivity contribution < 1.29 is 0 Å². The highest BCUT2D eigenvalue weighted by Gasteiger charge is 2.05. The zero-order valence-corrected chi connectivity index (χ0v) is 9.59. The Hall–Kier alpha value is 1.26. The summed E-state index contributed by atoms with van der Waals surface area (Å²) in [6, 6.07) is 0. The van der Waals surface area contributed by atoms with Crippen molar-refractivity contribution in [2.45, 2.75) is 36.6 Å². The first-order valence-electron chi connectivity index (χ1n) is 3.35. The van der Waals surface area contributed by atoms with Crippen LogP contribution >= 0.6 is 24.0 Å². The molecule has 0 unspecified atom stereocenters. The lowest BCUT2D eigenvalue weighted by Gasteiger charge is -1.97. The third kappa shape index (κ3) is 5.40. The highest BCUT2D eigenvalue weighted by Crippen LogP contribution is 2.01. The Bertz CT molecular complexity index is 30.0. The van der Waals surface area contributed by atoms with Gasteiger partial charge in [-0.1, -0.05) is 36.6 Å². The van der Waals surface area contributed by atoms with Gasteiger partial charge in [-0.05, 0) is 0 Å². The molecule has 0 aliphatic rings. The van der Waals surface area contributed by atoms with Crippen LogP contribution < -0.4 is 0 Å². The monoisotopic (exact) mass is 242 g/mol. The number of rotatable bonds is 3. The summed E-state index contributed by atoms with van der Waals surface area (Å²) in [5.41, 5.74) is 0.